The van der Waals surface area contributed by atoms with Crippen molar-refractivity contribution in [2.24, 2.45) is 5.73 Å². The molecule has 4 aromatic carbocycles. The van der Waals surface area contributed by atoms with Crippen LogP contribution in [0.3, 0.4) is 0 Å². The molecular weight excluding hydrogens is 670 g/mol. The lowest BCUT2D eigenvalue weighted by Gasteiger charge is -2.40. The van der Waals surface area contributed by atoms with E-state index in [9.17, 15) is 17.6 Å². The Bertz CT molecular complexity index is 1830. The van der Waals surface area contributed by atoms with Crippen molar-refractivity contribution in [2.75, 3.05) is 25.5 Å². The van der Waals surface area contributed by atoms with Crippen LogP contribution >= 0.6 is 11.6 Å². The highest BCUT2D eigenvalue weighted by Crippen LogP contribution is 2.30. The topological polar surface area (TPSA) is 114 Å². The summed E-state index contributed by atoms with van der Waals surface area (Å²) in [5.41, 5.74) is 8.77. The summed E-state index contributed by atoms with van der Waals surface area (Å²) >= 11 is 6.11. The Hall–Kier alpha value is -3.87. The predicted octanol–water partition coefficient (Wildman–Crippen LogP) is 6.29. The number of nitrogens with one attached hydrogen (secondary N) is 2. The van der Waals surface area contributed by atoms with Crippen LogP contribution in [0.5, 0.6) is 5.75 Å². The van der Waals surface area contributed by atoms with Gasteiger partial charge in [-0.2, -0.15) is 4.31 Å². The highest BCUT2D eigenvalue weighted by Gasteiger charge is 2.37. The second kappa shape index (κ2) is 16.2. The van der Waals surface area contributed by atoms with E-state index >= 15 is 4.39 Å². The van der Waals surface area contributed by atoms with E-state index < -0.39 is 33.7 Å². The fourth-order valence-corrected chi connectivity index (χ4v) is 8.38. The van der Waals surface area contributed by atoms with Crippen molar-refractivity contribution in [3.63, 3.8) is 0 Å². The highest BCUT2D eigenvalue weighted by atomic mass is 35.5. The quantitative estimate of drug-likeness (QED) is 0.150. The Morgan fingerprint density at radius 3 is 2.39 bits per heavy atom. The van der Waals surface area contributed by atoms with Gasteiger partial charge in [0.1, 0.15) is 17.4 Å². The minimum Gasteiger partial charge on any atom is -0.497 e. The van der Waals surface area contributed by atoms with E-state index in [1.54, 1.807) is 58.9 Å². The van der Waals surface area contributed by atoms with Gasteiger partial charge in [-0.05, 0) is 104 Å². The smallest absolute Gasteiger partial charge is 0.243 e. The molecule has 0 unspecified atom stereocenters. The van der Waals surface area contributed by atoms with Crippen LogP contribution in [0.4, 0.5) is 14.5 Å². The molecule has 49 heavy (non-hydrogen) atoms. The van der Waals surface area contributed by atoms with E-state index in [1.165, 1.54) is 43.5 Å². The number of ether oxygens (including phenoxy) is 1. The highest BCUT2D eigenvalue weighted by molar-refractivity contribution is 7.89. The molecule has 1 aliphatic rings. The third kappa shape index (κ3) is 8.84. The van der Waals surface area contributed by atoms with E-state index in [0.717, 1.165) is 11.1 Å². The molecule has 0 aromatic heterocycles. The van der Waals surface area contributed by atoms with E-state index in [4.69, 9.17) is 22.1 Å². The van der Waals surface area contributed by atoms with Gasteiger partial charge in [0.05, 0.1) is 18.0 Å². The van der Waals surface area contributed by atoms with Crippen molar-refractivity contribution in [1.29, 1.82) is 0 Å². The summed E-state index contributed by atoms with van der Waals surface area (Å²) in [6.45, 7) is 2.82. The third-order valence-corrected chi connectivity index (χ3v) is 11.3. The van der Waals surface area contributed by atoms with Crippen LogP contribution in [0.15, 0.2) is 95.9 Å². The second-order valence-corrected chi connectivity index (χ2v) is 14.6. The lowest BCUT2D eigenvalue weighted by atomic mass is 9.85. The van der Waals surface area contributed by atoms with Crippen molar-refractivity contribution < 1.29 is 26.7 Å². The molecule has 0 saturated carbocycles. The van der Waals surface area contributed by atoms with Gasteiger partial charge in [0.15, 0.2) is 0 Å². The van der Waals surface area contributed by atoms with Gasteiger partial charge < -0.3 is 21.1 Å². The molecule has 1 fully saturated rings. The summed E-state index contributed by atoms with van der Waals surface area (Å²) in [5, 5.41) is 6.70. The van der Waals surface area contributed by atoms with E-state index in [1.807, 2.05) is 6.92 Å². The monoisotopic (exact) mass is 710 g/mol. The van der Waals surface area contributed by atoms with Crippen molar-refractivity contribution in [3.05, 3.63) is 124 Å². The van der Waals surface area contributed by atoms with Gasteiger partial charge >= 0.3 is 0 Å². The maximum atomic E-state index is 15.3. The third-order valence-electron chi connectivity index (χ3n) is 8.99. The number of carbonyl (C=O) groups excluding carboxylic acids is 1. The fourth-order valence-electron chi connectivity index (χ4n) is 6.41. The average Bonchev–Trinajstić information content (AvgIpc) is 3.09. The molecule has 1 aliphatic heterocycles. The Labute approximate surface area is 291 Å². The van der Waals surface area contributed by atoms with Gasteiger partial charge in [0, 0.05) is 47.4 Å². The number of rotatable bonds is 13. The molecule has 0 radical (unpaired) electrons. The molecular formula is C37H41ClF2N4O4S. The molecule has 1 saturated heterocycles. The number of sulfonamides is 1. The molecule has 1 amide bonds. The maximum absolute atomic E-state index is 15.3. The van der Waals surface area contributed by atoms with E-state index in [2.05, 4.69) is 10.6 Å². The zero-order valence-electron chi connectivity index (χ0n) is 27.4. The minimum absolute atomic E-state index is 0.179. The number of halogens is 3. The number of methoxy groups -OCH3 is 1. The van der Waals surface area contributed by atoms with Crippen molar-refractivity contribution in [3.8, 4) is 5.75 Å². The summed E-state index contributed by atoms with van der Waals surface area (Å²) in [7, 11) is -2.29. The van der Waals surface area contributed by atoms with Gasteiger partial charge in [0.25, 0.3) is 0 Å². The van der Waals surface area contributed by atoms with Crippen LogP contribution < -0.4 is 21.1 Å². The van der Waals surface area contributed by atoms with Crippen LogP contribution in [-0.2, 0) is 27.7 Å². The Balaban J connectivity index is 1.30. The van der Waals surface area contributed by atoms with Gasteiger partial charge in [-0.1, -0.05) is 41.9 Å². The number of piperazine rings is 1. The molecule has 0 aliphatic carbocycles. The van der Waals surface area contributed by atoms with Gasteiger partial charge in [-0.25, -0.2) is 17.2 Å². The molecule has 8 nitrogen and oxygen atoms in total. The molecule has 5 rings (SSSR count). The van der Waals surface area contributed by atoms with Crippen molar-refractivity contribution in [1.82, 2.24) is 9.62 Å². The number of carbonyl (C=O) groups is 1. The lowest BCUT2D eigenvalue weighted by Crippen LogP contribution is -2.58. The summed E-state index contributed by atoms with van der Waals surface area (Å²) in [6.07, 6.45) is 1.54. The van der Waals surface area contributed by atoms with E-state index in [0.29, 0.717) is 54.4 Å². The average molecular weight is 711 g/mol. The van der Waals surface area contributed by atoms with Crippen molar-refractivity contribution >= 4 is 33.2 Å². The van der Waals surface area contributed by atoms with Gasteiger partial charge in [-0.3, -0.25) is 4.79 Å². The SMILES string of the molecule is COc1ccc(S(=O)(=O)N2[C@@H](CCCc3c(F)cccc3NC(=O)[C@@H](N)[C@@H](Cc3ccc(F)cc3)c3ccc(Cl)cc3)CNC[C@@H]2C)cc1. The van der Waals surface area contributed by atoms with Gasteiger partial charge in [0.2, 0.25) is 15.9 Å². The summed E-state index contributed by atoms with van der Waals surface area (Å²) in [4.78, 5) is 13.8. The zero-order valence-corrected chi connectivity index (χ0v) is 29.0. The molecule has 0 spiro atoms. The normalized spacial score (nSPS) is 18.1. The zero-order chi connectivity index (χ0) is 35.1. The number of hydrogen-bond donors (Lipinski definition) is 3. The first-order valence-corrected chi connectivity index (χ1v) is 18.0. The first kappa shape index (κ1) is 36.4. The Kier molecular flexibility index (Phi) is 12.1. The van der Waals surface area contributed by atoms with E-state index in [-0.39, 0.29) is 29.2 Å². The first-order valence-electron chi connectivity index (χ1n) is 16.2. The van der Waals surface area contributed by atoms with Crippen LogP contribution in [0.25, 0.3) is 0 Å². The summed E-state index contributed by atoms with van der Waals surface area (Å²) in [6, 6.07) is 22.2. The number of anilines is 1. The molecule has 12 heteroatoms. The van der Waals surface area contributed by atoms with Crippen LogP contribution in [0, 0.1) is 11.6 Å². The molecule has 4 atom stereocenters. The summed E-state index contributed by atoms with van der Waals surface area (Å²) < 4.78 is 63.1. The van der Waals surface area contributed by atoms with Crippen LogP contribution in [-0.4, -0.2) is 57.0 Å². The van der Waals surface area contributed by atoms with Crippen LogP contribution in [0.2, 0.25) is 5.02 Å². The van der Waals surface area contributed by atoms with Crippen molar-refractivity contribution in [2.45, 2.75) is 61.5 Å². The molecule has 0 bridgehead atoms. The maximum Gasteiger partial charge on any atom is 0.243 e. The number of amides is 1. The van der Waals surface area contributed by atoms with Crippen LogP contribution in [0.1, 0.15) is 42.4 Å². The number of nitrogens with two attached hydrogens (primary N) is 1. The lowest BCUT2D eigenvalue weighted by molar-refractivity contribution is -0.117. The number of hydrogen-bond acceptors (Lipinski definition) is 6. The fraction of sp³-hybridized carbons (Fsp3) is 0.324. The molecule has 260 valence electrons. The summed E-state index contributed by atoms with van der Waals surface area (Å²) in [5.74, 6) is -1.28. The Morgan fingerprint density at radius 1 is 1.02 bits per heavy atom. The second-order valence-electron chi connectivity index (χ2n) is 12.3. The largest absolute Gasteiger partial charge is 0.497 e. The molecule has 4 aromatic rings. The van der Waals surface area contributed by atoms with Gasteiger partial charge in [-0.15, -0.1) is 0 Å². The first-order chi connectivity index (χ1) is 23.5. The molecule has 4 N–H and O–H groups in total. The standard InChI is InChI=1S/C37H41ClF2N4O4S/c1-24-22-42-23-29(44(24)49(46,47)31-19-17-30(48-2)18-20-31)5-3-6-32-34(40)7-4-8-35(32)43-37(45)36(41)33(26-11-13-27(38)14-12-26)21-25-9-15-28(39)16-10-25/h4,7-20,24,29,33,36,42H,3,5-6,21-23,41H2,1-2H3,(H,43,45)/t24-,29-,33-,36-/m0/s1. The predicted molar refractivity (Wildman–Crippen MR) is 188 cm³/mol. The minimum atomic E-state index is -3.81. The Morgan fingerprint density at radius 2 is 1.71 bits per heavy atom. The number of nitrogens with zero attached hydrogens (tertiary/aromatic N) is 1. The molecule has 1 heterocycles. The number of benzene rings is 4.